The highest BCUT2D eigenvalue weighted by Crippen LogP contribution is 2.42. The largest absolute Gasteiger partial charge is 0.469 e. The minimum Gasteiger partial charge on any atom is -0.469 e. The van der Waals surface area contributed by atoms with Crippen molar-refractivity contribution in [3.8, 4) is 11.8 Å². The Labute approximate surface area is 182 Å². The molecule has 0 radical (unpaired) electrons. The summed E-state index contributed by atoms with van der Waals surface area (Å²) < 4.78 is 4.90. The number of amides is 2. The third-order valence-corrected chi connectivity index (χ3v) is 5.80. The zero-order chi connectivity index (χ0) is 21.6. The Morgan fingerprint density at radius 3 is 2.33 bits per heavy atom. The Kier molecular flexibility index (Phi) is 7.02. The van der Waals surface area contributed by atoms with Gasteiger partial charge >= 0.3 is 12.0 Å². The van der Waals surface area contributed by atoms with E-state index < -0.39 is 11.6 Å². The third kappa shape index (κ3) is 4.95. The molecule has 6 heteroatoms. The zero-order valence-corrected chi connectivity index (χ0v) is 17.7. The summed E-state index contributed by atoms with van der Waals surface area (Å²) in [7, 11) is 1.35. The summed E-state index contributed by atoms with van der Waals surface area (Å²) in [5.74, 6) is 5.80. The summed E-state index contributed by atoms with van der Waals surface area (Å²) in [5.41, 5.74) is 7.16. The number of hydrogen-bond donors (Lipinski definition) is 1. The van der Waals surface area contributed by atoms with E-state index in [1.165, 1.54) is 12.0 Å². The van der Waals surface area contributed by atoms with Crippen LogP contribution in [0.5, 0.6) is 0 Å². The number of methoxy groups -OCH3 is 1. The zero-order valence-electron chi connectivity index (χ0n) is 17.0. The maximum atomic E-state index is 12.5. The van der Waals surface area contributed by atoms with Gasteiger partial charge in [0.25, 0.3) is 0 Å². The van der Waals surface area contributed by atoms with Crippen LogP contribution < -0.4 is 10.6 Å². The lowest BCUT2D eigenvalue weighted by molar-refractivity contribution is -0.142. The molecule has 156 valence electrons. The molecule has 2 amide bonds. The molecule has 1 fully saturated rings. The molecule has 2 aromatic rings. The quantitative estimate of drug-likeness (QED) is 0.561. The van der Waals surface area contributed by atoms with Gasteiger partial charge in [-0.1, -0.05) is 60.9 Å². The van der Waals surface area contributed by atoms with Crippen molar-refractivity contribution in [2.45, 2.75) is 44.1 Å². The lowest BCUT2D eigenvalue weighted by Crippen LogP contribution is -2.56. The molecule has 1 saturated carbocycles. The number of anilines is 1. The molecule has 2 aromatic carbocycles. The predicted molar refractivity (Wildman–Crippen MR) is 118 cm³/mol. The molecule has 0 aliphatic heterocycles. The van der Waals surface area contributed by atoms with E-state index in [0.717, 1.165) is 30.4 Å². The maximum absolute atomic E-state index is 12.5. The lowest BCUT2D eigenvalue weighted by atomic mass is 9.77. The number of hydrogen-bond acceptors (Lipinski definition) is 3. The van der Waals surface area contributed by atoms with Gasteiger partial charge in [-0.25, -0.2) is 4.79 Å². The molecule has 1 aliphatic rings. The first kappa shape index (κ1) is 21.7. The Morgan fingerprint density at radius 2 is 1.73 bits per heavy atom. The van der Waals surface area contributed by atoms with Crippen molar-refractivity contribution in [1.82, 2.24) is 0 Å². The summed E-state index contributed by atoms with van der Waals surface area (Å²) in [6.45, 7) is 0. The van der Waals surface area contributed by atoms with Crippen molar-refractivity contribution in [2.24, 2.45) is 5.73 Å². The molecular weight excluding hydrogens is 400 g/mol. The molecule has 0 heterocycles. The van der Waals surface area contributed by atoms with Crippen molar-refractivity contribution >= 4 is 29.3 Å². The first-order valence-electron chi connectivity index (χ1n) is 9.98. The first-order chi connectivity index (χ1) is 14.4. The predicted octanol–water partition coefficient (Wildman–Crippen LogP) is 4.89. The van der Waals surface area contributed by atoms with Crippen LogP contribution in [0.25, 0.3) is 0 Å². The molecule has 1 aliphatic carbocycles. The van der Waals surface area contributed by atoms with Crippen LogP contribution in [0.1, 0.15) is 49.7 Å². The fourth-order valence-electron chi connectivity index (χ4n) is 4.07. The van der Waals surface area contributed by atoms with Crippen LogP contribution in [-0.4, -0.2) is 24.6 Å². The summed E-state index contributed by atoms with van der Waals surface area (Å²) in [6.07, 6.45) is 4.27. The molecule has 0 unspecified atom stereocenters. The summed E-state index contributed by atoms with van der Waals surface area (Å²) >= 11 is 6.57. The minimum atomic E-state index is -0.738. The molecule has 0 bridgehead atoms. The number of carbonyl (C=O) groups excluding carboxylic acids is 2. The van der Waals surface area contributed by atoms with Crippen molar-refractivity contribution in [2.75, 3.05) is 12.0 Å². The van der Waals surface area contributed by atoms with E-state index in [4.69, 9.17) is 22.1 Å². The van der Waals surface area contributed by atoms with Crippen LogP contribution in [0.4, 0.5) is 10.5 Å². The van der Waals surface area contributed by atoms with Crippen LogP contribution in [0, 0.1) is 11.8 Å². The second-order valence-corrected chi connectivity index (χ2v) is 7.90. The molecule has 3 rings (SSSR count). The third-order valence-electron chi connectivity index (χ3n) is 5.49. The van der Waals surface area contributed by atoms with E-state index in [1.54, 1.807) is 12.1 Å². The number of halogens is 1. The Bertz CT molecular complexity index is 973. The van der Waals surface area contributed by atoms with Gasteiger partial charge in [-0.3, -0.25) is 9.69 Å². The van der Waals surface area contributed by atoms with E-state index in [0.29, 0.717) is 23.6 Å². The summed E-state index contributed by atoms with van der Waals surface area (Å²) in [6, 6.07) is 14.3. The molecule has 2 N–H and O–H groups in total. The van der Waals surface area contributed by atoms with Gasteiger partial charge in [-0.2, -0.15) is 0 Å². The molecule has 0 saturated heterocycles. The molecule has 30 heavy (non-hydrogen) atoms. The van der Waals surface area contributed by atoms with Gasteiger partial charge in [0.15, 0.2) is 0 Å². The normalized spacial score (nSPS) is 14.9. The fraction of sp³-hybridized carbons (Fsp3) is 0.333. The van der Waals surface area contributed by atoms with E-state index in [9.17, 15) is 9.59 Å². The van der Waals surface area contributed by atoms with Crippen LogP contribution in [0.2, 0.25) is 5.02 Å². The average Bonchev–Trinajstić information content (AvgIpc) is 2.75. The Morgan fingerprint density at radius 1 is 1.07 bits per heavy atom. The highest BCUT2D eigenvalue weighted by Gasteiger charge is 2.43. The van der Waals surface area contributed by atoms with E-state index >= 15 is 0 Å². The van der Waals surface area contributed by atoms with Crippen LogP contribution in [-0.2, 0) is 9.53 Å². The molecular formula is C24H25ClN2O3. The van der Waals surface area contributed by atoms with E-state index in [2.05, 4.69) is 11.8 Å². The molecule has 0 atom stereocenters. The van der Waals surface area contributed by atoms with Crippen molar-refractivity contribution in [3.63, 3.8) is 0 Å². The van der Waals surface area contributed by atoms with Crippen molar-refractivity contribution in [3.05, 3.63) is 64.7 Å². The summed E-state index contributed by atoms with van der Waals surface area (Å²) in [5, 5.41) is 0.364. The van der Waals surface area contributed by atoms with Gasteiger partial charge in [0.05, 0.1) is 29.8 Å². The van der Waals surface area contributed by atoms with E-state index in [-0.39, 0.29) is 12.4 Å². The highest BCUT2D eigenvalue weighted by atomic mass is 35.5. The maximum Gasteiger partial charge on any atom is 0.319 e. The molecule has 5 nitrogen and oxygen atoms in total. The van der Waals surface area contributed by atoms with E-state index in [1.807, 2.05) is 36.4 Å². The second-order valence-electron chi connectivity index (χ2n) is 7.49. The molecule has 0 spiro atoms. The number of primary amides is 1. The number of nitrogens with two attached hydrogens (primary N) is 1. The number of esters is 1. The van der Waals surface area contributed by atoms with Crippen molar-refractivity contribution < 1.29 is 14.3 Å². The van der Waals surface area contributed by atoms with Gasteiger partial charge < -0.3 is 10.5 Å². The van der Waals surface area contributed by atoms with Crippen LogP contribution in [0.15, 0.2) is 48.5 Å². The van der Waals surface area contributed by atoms with Gasteiger partial charge in [0.1, 0.15) is 0 Å². The van der Waals surface area contributed by atoms with Crippen molar-refractivity contribution in [1.29, 1.82) is 0 Å². The first-order valence-corrected chi connectivity index (χ1v) is 10.4. The van der Waals surface area contributed by atoms with Gasteiger partial charge in [0.2, 0.25) is 0 Å². The standard InChI is InChI=1S/C24H25ClN2O3/c1-30-22(28)17-24(14-6-3-7-15-24)27(23(26)29)21-13-12-19(16-20(21)25)11-10-18-8-4-2-5-9-18/h2,4-5,8-9,12-13,16H,3,6-7,14-15,17H2,1H3,(H2,26,29). The average molecular weight is 425 g/mol. The number of ether oxygens (including phenoxy) is 1. The second kappa shape index (κ2) is 9.69. The lowest BCUT2D eigenvalue weighted by Gasteiger charge is -2.45. The number of rotatable bonds is 4. The Hall–Kier alpha value is -2.97. The number of carbonyl (C=O) groups is 2. The number of nitrogens with zero attached hydrogens (tertiary/aromatic N) is 1. The topological polar surface area (TPSA) is 72.6 Å². The summed E-state index contributed by atoms with van der Waals surface area (Å²) in [4.78, 5) is 26.2. The fourth-order valence-corrected chi connectivity index (χ4v) is 4.34. The SMILES string of the molecule is COC(=O)CC1(N(C(N)=O)c2ccc(C#Cc3ccccc3)cc2Cl)CCCCC1. The minimum absolute atomic E-state index is 0.0817. The number of urea groups is 1. The molecule has 0 aromatic heterocycles. The van der Waals surface area contributed by atoms with Crippen LogP contribution in [0.3, 0.4) is 0 Å². The van der Waals surface area contributed by atoms with Gasteiger partial charge in [-0.15, -0.1) is 0 Å². The van der Waals surface area contributed by atoms with Crippen LogP contribution >= 0.6 is 11.6 Å². The van der Waals surface area contributed by atoms with Gasteiger partial charge in [0, 0.05) is 11.1 Å². The van der Waals surface area contributed by atoms with Gasteiger partial charge in [-0.05, 0) is 43.2 Å². The smallest absolute Gasteiger partial charge is 0.319 e. The Balaban J connectivity index is 1.96. The monoisotopic (exact) mass is 424 g/mol. The number of benzene rings is 2. The highest BCUT2D eigenvalue weighted by molar-refractivity contribution is 6.34.